The Hall–Kier alpha value is -5.02. The van der Waals surface area contributed by atoms with Gasteiger partial charge in [-0.05, 0) is 82.2 Å². The van der Waals surface area contributed by atoms with Gasteiger partial charge in [-0.1, -0.05) is 30.3 Å². The van der Waals surface area contributed by atoms with Crippen molar-refractivity contribution < 1.29 is 28.9 Å². The van der Waals surface area contributed by atoms with Gasteiger partial charge in [0.05, 0.1) is 23.4 Å². The highest BCUT2D eigenvalue weighted by Crippen LogP contribution is 2.35. The van der Waals surface area contributed by atoms with Crippen molar-refractivity contribution in [1.29, 1.82) is 0 Å². The molecule has 0 radical (unpaired) electrons. The van der Waals surface area contributed by atoms with Crippen LogP contribution < -0.4 is 9.47 Å². The van der Waals surface area contributed by atoms with E-state index in [2.05, 4.69) is 0 Å². The Morgan fingerprint density at radius 1 is 0.911 bits per heavy atom. The summed E-state index contributed by atoms with van der Waals surface area (Å²) in [4.78, 5) is 16.6. The lowest BCUT2D eigenvalue weighted by Gasteiger charge is -2.15. The molecule has 3 heterocycles. The summed E-state index contributed by atoms with van der Waals surface area (Å²) in [6.07, 6.45) is 3.48. The quantitative estimate of drug-likeness (QED) is 0.204. The molecule has 5 aromatic rings. The van der Waals surface area contributed by atoms with E-state index in [0.29, 0.717) is 46.4 Å². The first-order chi connectivity index (χ1) is 21.4. The first-order valence-corrected chi connectivity index (χ1v) is 14.6. The van der Waals surface area contributed by atoms with Crippen LogP contribution in [0.2, 0.25) is 0 Å². The minimum atomic E-state index is -0.953. The summed E-state index contributed by atoms with van der Waals surface area (Å²) in [6, 6.07) is 19.9. The second-order valence-corrected chi connectivity index (χ2v) is 11.9. The van der Waals surface area contributed by atoms with E-state index in [4.69, 9.17) is 24.7 Å². The van der Waals surface area contributed by atoms with Gasteiger partial charge in [-0.2, -0.15) is 5.10 Å². The van der Waals surface area contributed by atoms with Gasteiger partial charge >= 0.3 is 5.97 Å². The Morgan fingerprint density at radius 3 is 2.31 bits per heavy atom. The fourth-order valence-corrected chi connectivity index (χ4v) is 4.97. The predicted octanol–water partition coefficient (Wildman–Crippen LogP) is 7.22. The molecular weight excluding hydrogens is 573 g/mol. The molecule has 1 aliphatic rings. The summed E-state index contributed by atoms with van der Waals surface area (Å²) in [7, 11) is 0. The number of aryl methyl sites for hydroxylation is 2. The number of aliphatic carboxylic acids is 1. The largest absolute Gasteiger partial charge is 0.489 e. The fraction of sp³-hybridized carbons (Fsp3) is 0.250. The molecule has 0 spiro atoms. The van der Waals surface area contributed by atoms with Gasteiger partial charge in [-0.15, -0.1) is 0 Å². The maximum atomic E-state index is 14.2. The molecule has 0 saturated carbocycles. The molecule has 232 valence electrons. The molecule has 3 aromatic carbocycles. The molecule has 1 aliphatic heterocycles. The van der Waals surface area contributed by atoms with Crippen LogP contribution in [0.25, 0.3) is 39.3 Å². The number of hydrogen-bond donors (Lipinski definition) is 2. The molecule has 0 aliphatic carbocycles. The van der Waals surface area contributed by atoms with Crippen LogP contribution in [0, 0.1) is 19.7 Å². The standard InChI is InChI=1S/C32H26FN3O4.C4H10O/c1-19-8-9-23-15-28(19)39-12-3-4-13-40-29-16-24(33)10-11-25(29)21-6-5-7-22(14-21)27-18-30-34-20(2)26(17-31(37)38)32(23)36(30)35-27;1-4(2,3)5/h3-11,14-16,18H,12-13,17H2,1-2H3,(H,37,38);5H,1-3H3/b4-3+;. The Balaban J connectivity index is 0.000000743. The van der Waals surface area contributed by atoms with Gasteiger partial charge in [-0.3, -0.25) is 4.79 Å². The summed E-state index contributed by atoms with van der Waals surface area (Å²) in [5.74, 6) is -0.238. The molecule has 45 heavy (non-hydrogen) atoms. The zero-order valence-corrected chi connectivity index (χ0v) is 26.0. The lowest BCUT2D eigenvalue weighted by molar-refractivity contribution is -0.136. The van der Waals surface area contributed by atoms with Crippen molar-refractivity contribution in [3.63, 3.8) is 0 Å². The van der Waals surface area contributed by atoms with Crippen LogP contribution in [0.4, 0.5) is 4.39 Å². The van der Waals surface area contributed by atoms with Crippen LogP contribution in [-0.4, -0.2) is 49.6 Å². The van der Waals surface area contributed by atoms with Crippen LogP contribution in [0.1, 0.15) is 37.6 Å². The average Bonchev–Trinajstić information content (AvgIpc) is 3.38. The number of ether oxygens (including phenoxy) is 2. The lowest BCUT2D eigenvalue weighted by Crippen LogP contribution is -2.10. The smallest absolute Gasteiger partial charge is 0.307 e. The number of aliphatic hydroxyl groups is 1. The van der Waals surface area contributed by atoms with E-state index in [0.717, 1.165) is 27.8 Å². The van der Waals surface area contributed by atoms with E-state index in [1.807, 2.05) is 74.5 Å². The minimum absolute atomic E-state index is 0.199. The Bertz CT molecular complexity index is 1900. The number of carboxylic acids is 1. The van der Waals surface area contributed by atoms with Gasteiger partial charge in [0, 0.05) is 40.1 Å². The minimum Gasteiger partial charge on any atom is -0.489 e. The zero-order valence-electron chi connectivity index (χ0n) is 26.0. The van der Waals surface area contributed by atoms with E-state index in [9.17, 15) is 14.3 Å². The molecular formula is C36H36FN3O5. The highest BCUT2D eigenvalue weighted by Gasteiger charge is 2.21. The number of fused-ring (bicyclic) bond motifs is 9. The molecule has 0 fully saturated rings. The zero-order chi connectivity index (χ0) is 32.3. The van der Waals surface area contributed by atoms with Crippen molar-refractivity contribution in [2.45, 2.75) is 46.6 Å². The van der Waals surface area contributed by atoms with Crippen molar-refractivity contribution >= 4 is 11.6 Å². The molecule has 0 atom stereocenters. The van der Waals surface area contributed by atoms with Crippen LogP contribution >= 0.6 is 0 Å². The van der Waals surface area contributed by atoms with Crippen LogP contribution in [-0.2, 0) is 11.2 Å². The fourth-order valence-electron chi connectivity index (χ4n) is 4.97. The normalized spacial score (nSPS) is 13.4. The number of carbonyl (C=O) groups is 1. The Kier molecular flexibility index (Phi) is 9.01. The maximum absolute atomic E-state index is 14.2. The third-order valence-corrected chi connectivity index (χ3v) is 6.95. The second-order valence-electron chi connectivity index (χ2n) is 11.9. The lowest BCUT2D eigenvalue weighted by atomic mass is 10.0. The molecule has 0 unspecified atom stereocenters. The number of hydrogen-bond acceptors (Lipinski definition) is 6. The van der Waals surface area contributed by atoms with Gasteiger partial charge in [0.25, 0.3) is 0 Å². The van der Waals surface area contributed by atoms with Gasteiger partial charge < -0.3 is 19.7 Å². The molecule has 6 bridgehead atoms. The molecule has 2 N–H and O–H groups in total. The molecule has 9 heteroatoms. The number of carboxylic acid groups (broad SMARTS) is 1. The SMILES string of the molecule is CC(C)(C)O.Cc1ccc2cc1OC/C=C/COc1cc(F)ccc1-c1cccc(c1)-c1cc3nc(C)c(CC(=O)O)c-2n3n1. The van der Waals surface area contributed by atoms with Gasteiger partial charge in [0.15, 0.2) is 5.65 Å². The van der Waals surface area contributed by atoms with Crippen molar-refractivity contribution in [1.82, 2.24) is 14.6 Å². The van der Waals surface area contributed by atoms with Crippen LogP contribution in [0.3, 0.4) is 0 Å². The predicted molar refractivity (Wildman–Crippen MR) is 172 cm³/mol. The van der Waals surface area contributed by atoms with Crippen molar-refractivity contribution in [3.8, 4) is 45.1 Å². The number of aromatic nitrogens is 3. The molecule has 2 aromatic heterocycles. The molecule has 0 amide bonds. The van der Waals surface area contributed by atoms with Crippen LogP contribution in [0.5, 0.6) is 11.5 Å². The Morgan fingerprint density at radius 2 is 1.60 bits per heavy atom. The summed E-state index contributed by atoms with van der Waals surface area (Å²) < 4.78 is 27.9. The third kappa shape index (κ3) is 7.56. The van der Waals surface area contributed by atoms with Gasteiger partial charge in [0.2, 0.25) is 0 Å². The maximum Gasteiger partial charge on any atom is 0.307 e. The third-order valence-electron chi connectivity index (χ3n) is 6.95. The Labute approximate surface area is 261 Å². The topological polar surface area (TPSA) is 106 Å². The van der Waals surface area contributed by atoms with E-state index in [1.165, 1.54) is 12.1 Å². The van der Waals surface area contributed by atoms with Gasteiger partial charge in [0.1, 0.15) is 30.5 Å². The first-order valence-electron chi connectivity index (χ1n) is 14.6. The number of nitrogens with zero attached hydrogens (tertiary/aromatic N) is 3. The molecule has 6 rings (SSSR count). The highest BCUT2D eigenvalue weighted by molar-refractivity contribution is 5.80. The van der Waals surface area contributed by atoms with E-state index in [1.54, 1.807) is 31.4 Å². The van der Waals surface area contributed by atoms with E-state index in [-0.39, 0.29) is 18.8 Å². The van der Waals surface area contributed by atoms with E-state index < -0.39 is 11.6 Å². The summed E-state index contributed by atoms with van der Waals surface area (Å²) >= 11 is 0. The molecule has 0 saturated heterocycles. The van der Waals surface area contributed by atoms with Crippen molar-refractivity contribution in [3.05, 3.63) is 102 Å². The monoisotopic (exact) mass is 609 g/mol. The van der Waals surface area contributed by atoms with Gasteiger partial charge in [-0.25, -0.2) is 13.9 Å². The first kappa shape index (κ1) is 31.4. The average molecular weight is 610 g/mol. The number of halogens is 1. The summed E-state index contributed by atoms with van der Waals surface area (Å²) in [5.41, 5.74) is 6.76. The second kappa shape index (κ2) is 12.9. The van der Waals surface area contributed by atoms with Crippen molar-refractivity contribution in [2.75, 3.05) is 13.2 Å². The highest BCUT2D eigenvalue weighted by atomic mass is 19.1. The summed E-state index contributed by atoms with van der Waals surface area (Å²) in [5, 5.41) is 23.1. The van der Waals surface area contributed by atoms with Crippen molar-refractivity contribution in [2.24, 2.45) is 0 Å². The van der Waals surface area contributed by atoms with E-state index >= 15 is 0 Å². The summed E-state index contributed by atoms with van der Waals surface area (Å²) in [6.45, 7) is 9.54. The van der Waals surface area contributed by atoms with Crippen LogP contribution in [0.15, 0.2) is 78.9 Å². The molecule has 8 nitrogen and oxygen atoms in total. The number of benzene rings is 3. The number of rotatable bonds is 2.